The number of carbonyl (C=O) groups is 1. The van der Waals surface area contributed by atoms with Crippen LogP contribution in [0.4, 0.5) is 10.5 Å². The lowest BCUT2D eigenvalue weighted by Crippen LogP contribution is -2.34. The van der Waals surface area contributed by atoms with Gasteiger partial charge in [-0.1, -0.05) is 6.07 Å². The first-order valence-corrected chi connectivity index (χ1v) is 4.93. The summed E-state index contributed by atoms with van der Waals surface area (Å²) in [6.07, 6.45) is 0. The Bertz CT molecular complexity index is 416. The van der Waals surface area contributed by atoms with Gasteiger partial charge < -0.3 is 10.1 Å². The highest BCUT2D eigenvalue weighted by atomic mass is 16.5. The van der Waals surface area contributed by atoms with Crippen molar-refractivity contribution in [2.75, 3.05) is 12.4 Å². The number of aryl methyl sites for hydroxylation is 2. The number of nitrogens with one attached hydrogen (secondary N) is 2. The average molecular weight is 223 g/mol. The van der Waals surface area contributed by atoms with Gasteiger partial charge in [-0.15, -0.1) is 0 Å². The van der Waals surface area contributed by atoms with Crippen molar-refractivity contribution in [1.29, 1.82) is 0 Å². The maximum Gasteiger partial charge on any atom is 0.333 e. The van der Waals surface area contributed by atoms with Gasteiger partial charge in [-0.2, -0.15) is 0 Å². The molecule has 0 aliphatic carbocycles. The number of hydrogen-bond donors (Lipinski definition) is 3. The second-order valence-electron chi connectivity index (χ2n) is 3.64. The van der Waals surface area contributed by atoms with Crippen LogP contribution in [0.3, 0.4) is 0 Å². The summed E-state index contributed by atoms with van der Waals surface area (Å²) in [5.41, 5.74) is 5.72. The first-order valence-electron chi connectivity index (χ1n) is 4.93. The zero-order valence-electron chi connectivity index (χ0n) is 9.97. The quantitative estimate of drug-likeness (QED) is 0.405. The number of ether oxygens (including phenoxy) is 1. The fourth-order valence-electron chi connectivity index (χ4n) is 1.61. The van der Waals surface area contributed by atoms with Crippen molar-refractivity contribution in [2.24, 2.45) is 5.84 Å². The lowest BCUT2D eigenvalue weighted by Gasteiger charge is -2.16. The number of urea groups is 1. The zero-order chi connectivity index (χ0) is 12.3. The van der Waals surface area contributed by atoms with E-state index in [1.165, 1.54) is 0 Å². The molecule has 0 aliphatic rings. The molecule has 0 fully saturated rings. The maximum absolute atomic E-state index is 11.2. The van der Waals surface area contributed by atoms with Gasteiger partial charge in [0, 0.05) is 0 Å². The van der Waals surface area contributed by atoms with Crippen LogP contribution >= 0.6 is 0 Å². The van der Waals surface area contributed by atoms with E-state index in [2.05, 4.69) is 5.32 Å². The molecule has 0 bridgehead atoms. The Hall–Kier alpha value is -1.75. The topological polar surface area (TPSA) is 76.4 Å². The van der Waals surface area contributed by atoms with Crippen molar-refractivity contribution in [2.45, 2.75) is 20.8 Å². The summed E-state index contributed by atoms with van der Waals surface area (Å²) >= 11 is 0. The summed E-state index contributed by atoms with van der Waals surface area (Å²) in [4.78, 5) is 11.2. The monoisotopic (exact) mass is 223 g/mol. The molecule has 2 amide bonds. The van der Waals surface area contributed by atoms with Crippen LogP contribution in [0.15, 0.2) is 6.07 Å². The van der Waals surface area contributed by atoms with Gasteiger partial charge in [0.2, 0.25) is 0 Å². The highest BCUT2D eigenvalue weighted by molar-refractivity contribution is 5.92. The van der Waals surface area contributed by atoms with E-state index >= 15 is 0 Å². The van der Waals surface area contributed by atoms with Crippen molar-refractivity contribution in [1.82, 2.24) is 5.43 Å². The van der Waals surface area contributed by atoms with Crippen LogP contribution in [-0.4, -0.2) is 13.1 Å². The molecule has 0 aromatic heterocycles. The number of methoxy groups -OCH3 is 1. The molecule has 4 N–H and O–H groups in total. The number of hydrazine groups is 1. The fraction of sp³-hybridized carbons (Fsp3) is 0.364. The van der Waals surface area contributed by atoms with Crippen LogP contribution < -0.4 is 21.3 Å². The Kier molecular flexibility index (Phi) is 3.73. The van der Waals surface area contributed by atoms with Crippen molar-refractivity contribution >= 4 is 11.7 Å². The van der Waals surface area contributed by atoms with Crippen molar-refractivity contribution < 1.29 is 9.53 Å². The number of nitrogens with two attached hydrogens (primary N) is 1. The van der Waals surface area contributed by atoms with Gasteiger partial charge in [0.05, 0.1) is 12.8 Å². The molecular weight excluding hydrogens is 206 g/mol. The molecule has 1 aromatic carbocycles. The van der Waals surface area contributed by atoms with Gasteiger partial charge in [0.25, 0.3) is 0 Å². The van der Waals surface area contributed by atoms with Crippen molar-refractivity contribution in [3.8, 4) is 5.75 Å². The first kappa shape index (κ1) is 12.3. The van der Waals surface area contributed by atoms with Crippen LogP contribution in [0.2, 0.25) is 0 Å². The zero-order valence-corrected chi connectivity index (χ0v) is 9.97. The summed E-state index contributed by atoms with van der Waals surface area (Å²) in [7, 11) is 1.58. The second kappa shape index (κ2) is 4.85. The molecule has 16 heavy (non-hydrogen) atoms. The predicted octanol–water partition coefficient (Wildman–Crippen LogP) is 1.62. The highest BCUT2D eigenvalue weighted by Crippen LogP contribution is 2.33. The van der Waals surface area contributed by atoms with E-state index in [1.807, 2.05) is 32.3 Å². The maximum atomic E-state index is 11.2. The van der Waals surface area contributed by atoms with E-state index < -0.39 is 6.03 Å². The summed E-state index contributed by atoms with van der Waals surface area (Å²) in [5, 5.41) is 2.65. The van der Waals surface area contributed by atoms with E-state index in [0.717, 1.165) is 16.7 Å². The van der Waals surface area contributed by atoms with Crippen molar-refractivity contribution in [3.05, 3.63) is 22.8 Å². The number of rotatable bonds is 2. The summed E-state index contributed by atoms with van der Waals surface area (Å²) in [6.45, 7) is 5.85. The van der Waals surface area contributed by atoms with Crippen LogP contribution in [0, 0.1) is 20.8 Å². The molecule has 0 spiro atoms. The molecule has 88 valence electrons. The molecule has 0 saturated heterocycles. The number of amides is 2. The van der Waals surface area contributed by atoms with Gasteiger partial charge >= 0.3 is 6.03 Å². The van der Waals surface area contributed by atoms with E-state index in [0.29, 0.717) is 11.4 Å². The van der Waals surface area contributed by atoms with Gasteiger partial charge in [-0.25, -0.2) is 10.6 Å². The predicted molar refractivity (Wildman–Crippen MR) is 63.5 cm³/mol. The summed E-state index contributed by atoms with van der Waals surface area (Å²) < 4.78 is 5.30. The molecule has 5 heteroatoms. The molecule has 0 aliphatic heterocycles. The molecule has 0 atom stereocenters. The van der Waals surface area contributed by atoms with E-state index in [-0.39, 0.29) is 0 Å². The Morgan fingerprint density at radius 3 is 2.44 bits per heavy atom. The van der Waals surface area contributed by atoms with Crippen molar-refractivity contribution in [3.63, 3.8) is 0 Å². The third-order valence-corrected chi connectivity index (χ3v) is 2.56. The smallest absolute Gasteiger partial charge is 0.333 e. The molecule has 0 unspecified atom stereocenters. The normalized spacial score (nSPS) is 9.81. The first-order chi connectivity index (χ1) is 7.51. The third kappa shape index (κ3) is 2.25. The molecule has 0 saturated carbocycles. The number of anilines is 1. The van der Waals surface area contributed by atoms with Crippen LogP contribution in [0.25, 0.3) is 0 Å². The number of carbonyl (C=O) groups excluding carboxylic acids is 1. The minimum atomic E-state index is -0.468. The Morgan fingerprint density at radius 1 is 1.31 bits per heavy atom. The lowest BCUT2D eigenvalue weighted by atomic mass is 10.0. The molecule has 0 radical (unpaired) electrons. The molecule has 1 aromatic rings. The number of hydrogen-bond acceptors (Lipinski definition) is 3. The Morgan fingerprint density at radius 2 is 1.94 bits per heavy atom. The van der Waals surface area contributed by atoms with E-state index in [9.17, 15) is 4.79 Å². The molecule has 0 heterocycles. The summed E-state index contributed by atoms with van der Waals surface area (Å²) in [6, 6.07) is 1.52. The average Bonchev–Trinajstić information content (AvgIpc) is 2.26. The third-order valence-electron chi connectivity index (χ3n) is 2.56. The van der Waals surface area contributed by atoms with Crippen LogP contribution in [0.1, 0.15) is 16.7 Å². The molecular formula is C11H17N3O2. The van der Waals surface area contributed by atoms with Crippen LogP contribution in [0.5, 0.6) is 5.75 Å². The van der Waals surface area contributed by atoms with Gasteiger partial charge in [0.15, 0.2) is 0 Å². The standard InChI is InChI=1S/C11H17N3O2/c1-6-5-7(2)9(13-11(15)14-12)10(16-4)8(6)3/h5H,12H2,1-4H3,(H2,13,14,15). The van der Waals surface area contributed by atoms with E-state index in [4.69, 9.17) is 10.6 Å². The minimum absolute atomic E-state index is 0.468. The largest absolute Gasteiger partial charge is 0.494 e. The van der Waals surface area contributed by atoms with Gasteiger partial charge in [-0.3, -0.25) is 5.43 Å². The lowest BCUT2D eigenvalue weighted by molar-refractivity contribution is 0.252. The second-order valence-corrected chi connectivity index (χ2v) is 3.64. The molecule has 1 rings (SSSR count). The molecule has 5 nitrogen and oxygen atoms in total. The van der Waals surface area contributed by atoms with Gasteiger partial charge in [-0.05, 0) is 37.5 Å². The number of benzene rings is 1. The van der Waals surface area contributed by atoms with Crippen LogP contribution in [-0.2, 0) is 0 Å². The Balaban J connectivity index is 3.25. The SMILES string of the molecule is COc1c(C)c(C)cc(C)c1NC(=O)NN. The minimum Gasteiger partial charge on any atom is -0.494 e. The van der Waals surface area contributed by atoms with Gasteiger partial charge in [0.1, 0.15) is 5.75 Å². The summed E-state index contributed by atoms with van der Waals surface area (Å²) in [5.74, 6) is 5.69. The fourth-order valence-corrected chi connectivity index (χ4v) is 1.61. The highest BCUT2D eigenvalue weighted by Gasteiger charge is 2.13. The Labute approximate surface area is 94.9 Å². The van der Waals surface area contributed by atoms with E-state index in [1.54, 1.807) is 7.11 Å².